The Hall–Kier alpha value is 0.0700. The molecule has 1 unspecified atom stereocenters. The van der Waals surface area contributed by atoms with Gasteiger partial charge in [0, 0.05) is 5.03 Å². The maximum atomic E-state index is 6.50. The van der Waals surface area contributed by atoms with Gasteiger partial charge in [-0.1, -0.05) is 19.1 Å². The summed E-state index contributed by atoms with van der Waals surface area (Å²) in [7, 11) is -0.322. The SMILES string of the molecule is C[PH]1=C2CCCC2=C(Cl)C2=C1CCC2. The van der Waals surface area contributed by atoms with Crippen LogP contribution < -0.4 is 0 Å². The van der Waals surface area contributed by atoms with E-state index in [-0.39, 0.29) is 7.55 Å². The Morgan fingerprint density at radius 3 is 2.57 bits per heavy atom. The molecule has 14 heavy (non-hydrogen) atoms. The first-order chi connectivity index (χ1) is 6.79. The second-order valence-corrected chi connectivity index (χ2v) is 7.40. The molecule has 76 valence electrons. The van der Waals surface area contributed by atoms with Gasteiger partial charge in [0.25, 0.3) is 0 Å². The average molecular weight is 227 g/mol. The molecule has 0 saturated heterocycles. The van der Waals surface area contributed by atoms with Gasteiger partial charge in [-0.25, -0.2) is 0 Å². The summed E-state index contributed by atoms with van der Waals surface area (Å²) in [6.07, 6.45) is 7.90. The van der Waals surface area contributed by atoms with Crippen LogP contribution in [0.1, 0.15) is 38.5 Å². The molecule has 1 atom stereocenters. The van der Waals surface area contributed by atoms with E-state index in [1.807, 2.05) is 0 Å². The predicted molar refractivity (Wildman–Crippen MR) is 66.9 cm³/mol. The fraction of sp³-hybridized carbons (Fsp3) is 0.583. The van der Waals surface area contributed by atoms with Crippen LogP contribution in [0, 0.1) is 0 Å². The Kier molecular flexibility index (Phi) is 2.18. The molecule has 3 aliphatic rings. The lowest BCUT2D eigenvalue weighted by Crippen LogP contribution is -2.02. The van der Waals surface area contributed by atoms with Gasteiger partial charge in [-0.15, -0.1) is 0 Å². The van der Waals surface area contributed by atoms with Crippen LogP contribution in [0.15, 0.2) is 21.5 Å². The summed E-state index contributed by atoms with van der Waals surface area (Å²) in [5.41, 5.74) is 3.12. The molecule has 1 aliphatic heterocycles. The van der Waals surface area contributed by atoms with Gasteiger partial charge in [-0.3, -0.25) is 0 Å². The van der Waals surface area contributed by atoms with Crippen LogP contribution >= 0.6 is 19.1 Å². The monoisotopic (exact) mass is 226 g/mol. The van der Waals surface area contributed by atoms with Gasteiger partial charge < -0.3 is 0 Å². The Morgan fingerprint density at radius 1 is 1.00 bits per heavy atom. The molecule has 3 rings (SSSR count). The van der Waals surface area contributed by atoms with Crippen molar-refractivity contribution < 1.29 is 0 Å². The largest absolute Gasteiger partial charge is 0.0929 e. The van der Waals surface area contributed by atoms with Gasteiger partial charge in [-0.2, -0.15) is 0 Å². The van der Waals surface area contributed by atoms with Crippen molar-refractivity contribution in [3.05, 3.63) is 21.5 Å². The van der Waals surface area contributed by atoms with Crippen LogP contribution in [0.3, 0.4) is 0 Å². The van der Waals surface area contributed by atoms with E-state index in [0.29, 0.717) is 0 Å². The highest BCUT2D eigenvalue weighted by Gasteiger charge is 2.29. The summed E-state index contributed by atoms with van der Waals surface area (Å²) in [6.45, 7) is 2.48. The van der Waals surface area contributed by atoms with Crippen molar-refractivity contribution in [2.75, 3.05) is 6.66 Å². The van der Waals surface area contributed by atoms with Gasteiger partial charge in [0.2, 0.25) is 0 Å². The highest BCUT2D eigenvalue weighted by molar-refractivity contribution is 7.63. The van der Waals surface area contributed by atoms with Crippen molar-refractivity contribution >= 4 is 24.4 Å². The number of halogens is 1. The van der Waals surface area contributed by atoms with E-state index in [1.54, 1.807) is 21.8 Å². The number of rotatable bonds is 0. The fourth-order valence-corrected chi connectivity index (χ4v) is 6.61. The molecule has 0 radical (unpaired) electrons. The van der Waals surface area contributed by atoms with Crippen LogP contribution in [0.25, 0.3) is 0 Å². The number of allylic oxidation sites excluding steroid dienone is 4. The molecular weight excluding hydrogens is 211 g/mol. The molecule has 0 amide bonds. The first-order valence-electron chi connectivity index (χ1n) is 5.60. The molecule has 0 bridgehead atoms. The van der Waals surface area contributed by atoms with Crippen molar-refractivity contribution in [1.82, 2.24) is 0 Å². The first kappa shape index (κ1) is 9.31. The lowest BCUT2D eigenvalue weighted by atomic mass is 10.1. The first-order valence-corrected chi connectivity index (χ1v) is 7.98. The molecule has 0 aromatic heterocycles. The fourth-order valence-electron chi connectivity index (χ4n) is 3.16. The van der Waals surface area contributed by atoms with Crippen LogP contribution in [0.5, 0.6) is 0 Å². The van der Waals surface area contributed by atoms with E-state index in [9.17, 15) is 0 Å². The van der Waals surface area contributed by atoms with E-state index in [2.05, 4.69) is 6.66 Å². The normalized spacial score (nSPS) is 31.3. The second-order valence-electron chi connectivity index (χ2n) is 4.56. The number of hydrogen-bond donors (Lipinski definition) is 0. The molecule has 0 nitrogen and oxygen atoms in total. The maximum absolute atomic E-state index is 6.50. The minimum Gasteiger partial charge on any atom is -0.0929 e. The Morgan fingerprint density at radius 2 is 1.71 bits per heavy atom. The van der Waals surface area contributed by atoms with E-state index < -0.39 is 0 Å². The Bertz CT molecular complexity index is 349. The summed E-state index contributed by atoms with van der Waals surface area (Å²) < 4.78 is 0. The van der Waals surface area contributed by atoms with Gasteiger partial charge in [0.05, 0.1) is 0 Å². The summed E-state index contributed by atoms with van der Waals surface area (Å²) >= 11 is 6.50. The zero-order chi connectivity index (χ0) is 9.71. The van der Waals surface area contributed by atoms with Crippen LogP contribution in [0.4, 0.5) is 0 Å². The van der Waals surface area contributed by atoms with Gasteiger partial charge in [0.15, 0.2) is 0 Å². The predicted octanol–water partition coefficient (Wildman–Crippen LogP) is 4.13. The average Bonchev–Trinajstić information content (AvgIpc) is 2.82. The maximum Gasteiger partial charge on any atom is 0.0476 e. The minimum absolute atomic E-state index is 0.322. The smallest absolute Gasteiger partial charge is 0.0476 e. The zero-order valence-corrected chi connectivity index (χ0v) is 10.4. The Labute approximate surface area is 91.4 Å². The molecule has 1 fully saturated rings. The highest BCUT2D eigenvalue weighted by Crippen LogP contribution is 2.54. The lowest BCUT2D eigenvalue weighted by Gasteiger charge is -2.20. The summed E-state index contributed by atoms with van der Waals surface area (Å²) in [5, 5.41) is 4.70. The van der Waals surface area contributed by atoms with Crippen molar-refractivity contribution in [2.45, 2.75) is 38.5 Å². The summed E-state index contributed by atoms with van der Waals surface area (Å²) in [4.78, 5) is 0. The van der Waals surface area contributed by atoms with Crippen LogP contribution in [-0.2, 0) is 0 Å². The number of hydrogen-bond acceptors (Lipinski definition) is 0. The standard InChI is InChI=1S/C12H16ClP/c1-14-10-6-2-4-8(10)12(13)9-5-3-7-11(9)14/h14H,2-7H2,1H3. The van der Waals surface area contributed by atoms with E-state index in [1.165, 1.54) is 43.6 Å². The molecule has 0 N–H and O–H groups in total. The van der Waals surface area contributed by atoms with E-state index >= 15 is 0 Å². The molecule has 1 heterocycles. The molecular formula is C12H16ClP. The summed E-state index contributed by atoms with van der Waals surface area (Å²) in [6, 6.07) is 0. The third-order valence-corrected chi connectivity index (χ3v) is 7.24. The summed E-state index contributed by atoms with van der Waals surface area (Å²) in [5.74, 6) is 0. The topological polar surface area (TPSA) is 0 Å². The third kappa shape index (κ3) is 1.14. The van der Waals surface area contributed by atoms with Crippen LogP contribution in [0.2, 0.25) is 0 Å². The minimum atomic E-state index is -0.322. The molecule has 1 saturated carbocycles. The zero-order valence-electron chi connectivity index (χ0n) is 8.62. The van der Waals surface area contributed by atoms with Gasteiger partial charge in [0.1, 0.15) is 0 Å². The lowest BCUT2D eigenvalue weighted by molar-refractivity contribution is 0.907. The molecule has 2 heteroatoms. The van der Waals surface area contributed by atoms with Crippen molar-refractivity contribution in [2.24, 2.45) is 0 Å². The third-order valence-electron chi connectivity index (χ3n) is 3.87. The molecule has 0 aromatic carbocycles. The van der Waals surface area contributed by atoms with Gasteiger partial charge >= 0.3 is 0 Å². The molecule has 0 spiro atoms. The highest BCUT2D eigenvalue weighted by atomic mass is 35.5. The molecule has 2 aliphatic carbocycles. The Balaban J connectivity index is 2.24. The van der Waals surface area contributed by atoms with E-state index in [4.69, 9.17) is 11.6 Å². The van der Waals surface area contributed by atoms with Crippen molar-refractivity contribution in [3.8, 4) is 0 Å². The van der Waals surface area contributed by atoms with Crippen molar-refractivity contribution in [1.29, 1.82) is 0 Å². The quantitative estimate of drug-likeness (QED) is 0.545. The van der Waals surface area contributed by atoms with Crippen LogP contribution in [-0.4, -0.2) is 12.0 Å². The van der Waals surface area contributed by atoms with E-state index in [0.717, 1.165) is 0 Å². The van der Waals surface area contributed by atoms with Crippen molar-refractivity contribution in [3.63, 3.8) is 0 Å². The molecule has 0 aromatic rings. The van der Waals surface area contributed by atoms with Gasteiger partial charge in [-0.05, 0) is 66.9 Å². The second kappa shape index (κ2) is 3.29. The number of fused-ring (bicyclic) bond motifs is 1.